The molecule has 3 aromatic rings. The number of unbranched alkanes of at least 4 members (excludes halogenated alkanes) is 1. The Bertz CT molecular complexity index is 1050. The third-order valence-electron chi connectivity index (χ3n) is 4.27. The lowest BCUT2D eigenvalue weighted by molar-refractivity contribution is 0.0496. The lowest BCUT2D eigenvalue weighted by atomic mass is 10.2. The number of benzene rings is 2. The van der Waals surface area contributed by atoms with Crippen molar-refractivity contribution in [2.45, 2.75) is 26.7 Å². The number of rotatable bonds is 8. The molecule has 0 atom stereocenters. The molecular formula is C22H21Cl2NO5. The van der Waals surface area contributed by atoms with Crippen molar-refractivity contribution in [3.05, 3.63) is 57.7 Å². The maximum Gasteiger partial charge on any atom is 0.354 e. The molecule has 0 amide bonds. The number of ether oxygens (including phenoxy) is 3. The standard InChI is InChI=1S/C22H21Cl2NO5/c1-3-5-8-29-21(26)14-10-16(23)20(17(24)11-14)30-15-6-7-18-13(9-15)12-19(25-18)22(27)28-4-2/h6-7,9-12,25H,3-5,8H2,1-2H3. The normalized spacial score (nSPS) is 10.8. The summed E-state index contributed by atoms with van der Waals surface area (Å²) < 4.78 is 16.0. The first-order valence-electron chi connectivity index (χ1n) is 9.56. The smallest absolute Gasteiger partial charge is 0.354 e. The van der Waals surface area contributed by atoms with Crippen LogP contribution in [0.15, 0.2) is 36.4 Å². The molecule has 0 fully saturated rings. The first kappa shape index (κ1) is 22.0. The second-order valence-electron chi connectivity index (χ2n) is 6.51. The van der Waals surface area contributed by atoms with Crippen LogP contribution in [-0.2, 0) is 9.47 Å². The second-order valence-corrected chi connectivity index (χ2v) is 7.33. The fraction of sp³-hybridized carbons (Fsp3) is 0.273. The van der Waals surface area contributed by atoms with Crippen LogP contribution < -0.4 is 4.74 Å². The molecule has 0 aliphatic rings. The Balaban J connectivity index is 1.80. The summed E-state index contributed by atoms with van der Waals surface area (Å²) in [7, 11) is 0. The first-order valence-corrected chi connectivity index (χ1v) is 10.3. The van der Waals surface area contributed by atoms with Gasteiger partial charge in [0.1, 0.15) is 11.4 Å². The Labute approximate surface area is 184 Å². The van der Waals surface area contributed by atoms with Crippen molar-refractivity contribution >= 4 is 46.0 Å². The third-order valence-corrected chi connectivity index (χ3v) is 4.83. The van der Waals surface area contributed by atoms with Gasteiger partial charge in [0.25, 0.3) is 0 Å². The minimum atomic E-state index is -0.487. The van der Waals surface area contributed by atoms with Crippen LogP contribution in [0.5, 0.6) is 11.5 Å². The van der Waals surface area contributed by atoms with Gasteiger partial charge in [-0.3, -0.25) is 0 Å². The number of halogens is 2. The highest BCUT2D eigenvalue weighted by Gasteiger charge is 2.17. The van der Waals surface area contributed by atoms with Crippen molar-refractivity contribution in [3.8, 4) is 11.5 Å². The zero-order chi connectivity index (χ0) is 21.7. The number of carbonyl (C=O) groups excluding carboxylic acids is 2. The summed E-state index contributed by atoms with van der Waals surface area (Å²) in [6, 6.07) is 9.84. The van der Waals surface area contributed by atoms with Crippen LogP contribution in [0, 0.1) is 0 Å². The van der Waals surface area contributed by atoms with Crippen LogP contribution in [-0.4, -0.2) is 30.1 Å². The van der Waals surface area contributed by atoms with Gasteiger partial charge >= 0.3 is 11.9 Å². The lowest BCUT2D eigenvalue weighted by Crippen LogP contribution is -2.06. The van der Waals surface area contributed by atoms with Crippen molar-refractivity contribution in [2.24, 2.45) is 0 Å². The molecule has 30 heavy (non-hydrogen) atoms. The maximum atomic E-state index is 12.1. The number of aromatic nitrogens is 1. The molecule has 0 bridgehead atoms. The number of nitrogens with one attached hydrogen (secondary N) is 1. The van der Waals surface area contributed by atoms with Crippen molar-refractivity contribution in [3.63, 3.8) is 0 Å². The topological polar surface area (TPSA) is 77.6 Å². The van der Waals surface area contributed by atoms with E-state index in [0.29, 0.717) is 24.7 Å². The summed E-state index contributed by atoms with van der Waals surface area (Å²) in [5.74, 6) is -0.217. The van der Waals surface area contributed by atoms with E-state index in [4.69, 9.17) is 37.4 Å². The minimum absolute atomic E-state index is 0.186. The number of H-pyrrole nitrogens is 1. The van der Waals surface area contributed by atoms with Gasteiger partial charge in [0, 0.05) is 10.9 Å². The summed E-state index contributed by atoms with van der Waals surface area (Å²) in [5.41, 5.74) is 1.37. The fourth-order valence-electron chi connectivity index (χ4n) is 2.78. The zero-order valence-corrected chi connectivity index (χ0v) is 18.1. The van der Waals surface area contributed by atoms with Gasteiger partial charge in [-0.1, -0.05) is 36.5 Å². The van der Waals surface area contributed by atoms with E-state index in [-0.39, 0.29) is 21.4 Å². The van der Waals surface area contributed by atoms with E-state index in [1.165, 1.54) is 12.1 Å². The molecule has 1 aromatic heterocycles. The number of esters is 2. The summed E-state index contributed by atoms with van der Waals surface area (Å²) in [5, 5.41) is 1.14. The number of carbonyl (C=O) groups is 2. The molecule has 158 valence electrons. The highest BCUT2D eigenvalue weighted by atomic mass is 35.5. The average Bonchev–Trinajstić information content (AvgIpc) is 3.14. The molecular weight excluding hydrogens is 429 g/mol. The van der Waals surface area contributed by atoms with E-state index in [9.17, 15) is 9.59 Å². The molecule has 1 N–H and O–H groups in total. The predicted octanol–water partition coefficient (Wildman–Crippen LogP) is 6.40. The van der Waals surface area contributed by atoms with E-state index in [2.05, 4.69) is 4.98 Å². The molecule has 1 heterocycles. The molecule has 6 nitrogen and oxygen atoms in total. The van der Waals surface area contributed by atoms with Gasteiger partial charge < -0.3 is 19.2 Å². The highest BCUT2D eigenvalue weighted by Crippen LogP contribution is 2.38. The van der Waals surface area contributed by atoms with Gasteiger partial charge in [0.15, 0.2) is 5.75 Å². The Kier molecular flexibility index (Phi) is 7.24. The molecule has 0 unspecified atom stereocenters. The summed E-state index contributed by atoms with van der Waals surface area (Å²) >= 11 is 12.6. The zero-order valence-electron chi connectivity index (χ0n) is 16.6. The lowest BCUT2D eigenvalue weighted by Gasteiger charge is -2.11. The van der Waals surface area contributed by atoms with Gasteiger partial charge in [-0.2, -0.15) is 0 Å². The SMILES string of the molecule is CCCCOC(=O)c1cc(Cl)c(Oc2ccc3[nH]c(C(=O)OCC)cc3c2)c(Cl)c1. The van der Waals surface area contributed by atoms with Gasteiger partial charge in [-0.05, 0) is 49.7 Å². The van der Waals surface area contributed by atoms with E-state index < -0.39 is 11.9 Å². The van der Waals surface area contributed by atoms with Gasteiger partial charge in [0.05, 0.1) is 28.8 Å². The van der Waals surface area contributed by atoms with E-state index in [0.717, 1.165) is 23.7 Å². The Morgan fingerprint density at radius 3 is 2.37 bits per heavy atom. The number of aromatic amines is 1. The van der Waals surface area contributed by atoms with Crippen LogP contribution in [0.25, 0.3) is 10.9 Å². The van der Waals surface area contributed by atoms with E-state index in [1.54, 1.807) is 31.2 Å². The molecule has 0 aliphatic heterocycles. The quantitative estimate of drug-likeness (QED) is 0.317. The Hall–Kier alpha value is -2.70. The second kappa shape index (κ2) is 9.87. The predicted molar refractivity (Wildman–Crippen MR) is 116 cm³/mol. The number of fused-ring (bicyclic) bond motifs is 1. The molecule has 0 saturated heterocycles. The summed E-state index contributed by atoms with van der Waals surface area (Å²) in [6.07, 6.45) is 1.71. The van der Waals surface area contributed by atoms with Crippen molar-refractivity contribution in [2.75, 3.05) is 13.2 Å². The first-order chi connectivity index (χ1) is 14.4. The van der Waals surface area contributed by atoms with Crippen LogP contribution in [0.1, 0.15) is 47.5 Å². The maximum absolute atomic E-state index is 12.1. The van der Waals surface area contributed by atoms with Crippen molar-refractivity contribution in [1.82, 2.24) is 4.98 Å². The van der Waals surface area contributed by atoms with Crippen LogP contribution in [0.4, 0.5) is 0 Å². The summed E-state index contributed by atoms with van der Waals surface area (Å²) in [4.78, 5) is 27.0. The molecule has 2 aromatic carbocycles. The molecule has 3 rings (SSSR count). The number of hydrogen-bond donors (Lipinski definition) is 1. The third kappa shape index (κ3) is 5.07. The average molecular weight is 450 g/mol. The summed E-state index contributed by atoms with van der Waals surface area (Å²) in [6.45, 7) is 4.39. The van der Waals surface area contributed by atoms with E-state index in [1.807, 2.05) is 6.92 Å². The van der Waals surface area contributed by atoms with Crippen LogP contribution in [0.3, 0.4) is 0 Å². The number of hydrogen-bond acceptors (Lipinski definition) is 5. The van der Waals surface area contributed by atoms with Crippen molar-refractivity contribution < 1.29 is 23.8 Å². The van der Waals surface area contributed by atoms with Gasteiger partial charge in [-0.15, -0.1) is 0 Å². The van der Waals surface area contributed by atoms with Gasteiger partial charge in [0.2, 0.25) is 0 Å². The van der Waals surface area contributed by atoms with Crippen LogP contribution in [0.2, 0.25) is 10.0 Å². The molecule has 0 spiro atoms. The van der Waals surface area contributed by atoms with Crippen molar-refractivity contribution in [1.29, 1.82) is 0 Å². The monoisotopic (exact) mass is 449 g/mol. The largest absolute Gasteiger partial charge is 0.462 e. The minimum Gasteiger partial charge on any atom is -0.462 e. The van der Waals surface area contributed by atoms with Gasteiger partial charge in [-0.25, -0.2) is 9.59 Å². The molecule has 0 saturated carbocycles. The van der Waals surface area contributed by atoms with E-state index >= 15 is 0 Å². The van der Waals surface area contributed by atoms with Crippen LogP contribution >= 0.6 is 23.2 Å². The Morgan fingerprint density at radius 2 is 1.70 bits per heavy atom. The molecule has 0 aliphatic carbocycles. The molecule has 0 radical (unpaired) electrons. The highest BCUT2D eigenvalue weighted by molar-refractivity contribution is 6.37. The Morgan fingerprint density at radius 1 is 0.967 bits per heavy atom. The molecule has 8 heteroatoms. The fourth-order valence-corrected chi connectivity index (χ4v) is 3.34.